The molecule has 1 aromatic carbocycles. The van der Waals surface area contributed by atoms with E-state index in [-0.39, 0.29) is 23.4 Å². The van der Waals surface area contributed by atoms with Gasteiger partial charge in [-0.05, 0) is 23.3 Å². The third-order valence-corrected chi connectivity index (χ3v) is 2.98. The summed E-state index contributed by atoms with van der Waals surface area (Å²) < 4.78 is 43.8. The molecule has 19 heavy (non-hydrogen) atoms. The van der Waals surface area contributed by atoms with Gasteiger partial charge in [0.1, 0.15) is 5.92 Å². The smallest absolute Gasteiger partial charge is 0.368 e. The maximum Gasteiger partial charge on any atom is 0.398 e. The minimum absolute atomic E-state index is 0.0316. The van der Waals surface area contributed by atoms with Gasteiger partial charge in [0.05, 0.1) is 17.6 Å². The zero-order valence-corrected chi connectivity index (χ0v) is 9.68. The minimum Gasteiger partial charge on any atom is -0.368 e. The normalized spacial score (nSPS) is 23.6. The van der Waals surface area contributed by atoms with Crippen LogP contribution in [0.15, 0.2) is 36.4 Å². The van der Waals surface area contributed by atoms with E-state index < -0.39 is 23.1 Å². The standard InChI is InChI=1S/C12H10F3NO3/c1-7-6-19-11(10(7)12(13,14)15)8-2-4-9(5-3-8)16(17)18/h2-5,10-11H,1,6H2/t10-,11+/m0/s1. The van der Waals surface area contributed by atoms with Crippen molar-refractivity contribution in [1.29, 1.82) is 0 Å². The highest BCUT2D eigenvalue weighted by molar-refractivity contribution is 5.35. The zero-order chi connectivity index (χ0) is 14.2. The molecule has 102 valence electrons. The molecule has 0 aliphatic carbocycles. The molecule has 1 aliphatic rings. The summed E-state index contributed by atoms with van der Waals surface area (Å²) in [6, 6.07) is 4.88. The van der Waals surface area contributed by atoms with Crippen LogP contribution in [0.25, 0.3) is 0 Å². The molecular formula is C12H10F3NO3. The van der Waals surface area contributed by atoms with Crippen LogP contribution in [0, 0.1) is 16.0 Å². The van der Waals surface area contributed by atoms with Gasteiger partial charge in [0.15, 0.2) is 0 Å². The first-order valence-corrected chi connectivity index (χ1v) is 5.41. The quantitative estimate of drug-likeness (QED) is 0.471. The van der Waals surface area contributed by atoms with Gasteiger partial charge in [0.25, 0.3) is 5.69 Å². The molecule has 0 unspecified atom stereocenters. The van der Waals surface area contributed by atoms with E-state index in [1.54, 1.807) is 0 Å². The Hall–Kier alpha value is -1.89. The van der Waals surface area contributed by atoms with E-state index in [0.717, 1.165) is 12.1 Å². The summed E-state index contributed by atoms with van der Waals surface area (Å²) in [5.41, 5.74) is 0.0477. The van der Waals surface area contributed by atoms with E-state index in [9.17, 15) is 23.3 Å². The van der Waals surface area contributed by atoms with E-state index in [1.807, 2.05) is 0 Å². The van der Waals surface area contributed by atoms with E-state index in [2.05, 4.69) is 6.58 Å². The SMILES string of the molecule is C=C1CO[C@H](c2ccc([N+](=O)[O-])cc2)[C@H]1C(F)(F)F. The number of ether oxygens (including phenoxy) is 1. The lowest BCUT2D eigenvalue weighted by Crippen LogP contribution is -2.26. The molecule has 1 aromatic rings. The Labute approximate surface area is 106 Å². The lowest BCUT2D eigenvalue weighted by atomic mass is 9.92. The monoisotopic (exact) mass is 273 g/mol. The Kier molecular flexibility index (Phi) is 3.32. The molecule has 2 rings (SSSR count). The number of benzene rings is 1. The molecule has 0 amide bonds. The largest absolute Gasteiger partial charge is 0.398 e. The Morgan fingerprint density at radius 1 is 1.32 bits per heavy atom. The van der Waals surface area contributed by atoms with Gasteiger partial charge in [0.2, 0.25) is 0 Å². The number of nitrogens with zero attached hydrogens (tertiary/aromatic N) is 1. The van der Waals surface area contributed by atoms with Gasteiger partial charge in [-0.25, -0.2) is 0 Å². The van der Waals surface area contributed by atoms with Gasteiger partial charge in [0, 0.05) is 12.1 Å². The fourth-order valence-electron chi connectivity index (χ4n) is 2.07. The summed E-state index contributed by atoms with van der Waals surface area (Å²) >= 11 is 0. The second-order valence-electron chi connectivity index (χ2n) is 4.26. The van der Waals surface area contributed by atoms with Crippen molar-refractivity contribution < 1.29 is 22.8 Å². The van der Waals surface area contributed by atoms with Crippen LogP contribution in [-0.2, 0) is 4.74 Å². The summed E-state index contributed by atoms with van der Waals surface area (Å²) in [6.07, 6.45) is -5.63. The predicted molar refractivity (Wildman–Crippen MR) is 60.5 cm³/mol. The van der Waals surface area contributed by atoms with Crippen molar-refractivity contribution in [3.05, 3.63) is 52.1 Å². The van der Waals surface area contributed by atoms with Crippen LogP contribution in [0.1, 0.15) is 11.7 Å². The molecule has 0 radical (unpaired) electrons. The van der Waals surface area contributed by atoms with Crippen molar-refractivity contribution in [3.8, 4) is 0 Å². The van der Waals surface area contributed by atoms with Gasteiger partial charge in [-0.3, -0.25) is 10.1 Å². The van der Waals surface area contributed by atoms with E-state index in [4.69, 9.17) is 4.74 Å². The minimum atomic E-state index is -4.44. The number of rotatable bonds is 2. The molecule has 2 atom stereocenters. The molecular weight excluding hydrogens is 263 g/mol. The van der Waals surface area contributed by atoms with Crippen LogP contribution in [0.2, 0.25) is 0 Å². The molecule has 1 heterocycles. The number of non-ortho nitro benzene ring substituents is 1. The van der Waals surface area contributed by atoms with Crippen molar-refractivity contribution in [2.75, 3.05) is 6.61 Å². The Bertz CT molecular complexity index is 510. The van der Waals surface area contributed by atoms with Crippen LogP contribution in [-0.4, -0.2) is 17.7 Å². The fourth-order valence-corrected chi connectivity index (χ4v) is 2.07. The third-order valence-electron chi connectivity index (χ3n) is 2.98. The highest BCUT2D eigenvalue weighted by Crippen LogP contribution is 2.46. The predicted octanol–water partition coefficient (Wildman–Crippen LogP) is 3.40. The van der Waals surface area contributed by atoms with E-state index in [1.165, 1.54) is 12.1 Å². The number of hydrogen-bond donors (Lipinski definition) is 0. The van der Waals surface area contributed by atoms with Crippen LogP contribution < -0.4 is 0 Å². The average Bonchev–Trinajstić information content (AvgIpc) is 2.71. The average molecular weight is 273 g/mol. The van der Waals surface area contributed by atoms with Gasteiger partial charge in [-0.2, -0.15) is 13.2 Å². The van der Waals surface area contributed by atoms with Crippen LogP contribution in [0.5, 0.6) is 0 Å². The van der Waals surface area contributed by atoms with Gasteiger partial charge < -0.3 is 4.74 Å². The van der Waals surface area contributed by atoms with Crippen molar-refractivity contribution >= 4 is 5.69 Å². The molecule has 0 saturated carbocycles. The van der Waals surface area contributed by atoms with Gasteiger partial charge in [-0.15, -0.1) is 0 Å². The fraction of sp³-hybridized carbons (Fsp3) is 0.333. The zero-order valence-electron chi connectivity index (χ0n) is 9.68. The number of hydrogen-bond acceptors (Lipinski definition) is 3. The number of halogens is 3. The maximum absolute atomic E-state index is 12.9. The summed E-state index contributed by atoms with van der Waals surface area (Å²) in [7, 11) is 0. The molecule has 1 saturated heterocycles. The lowest BCUT2D eigenvalue weighted by molar-refractivity contribution is -0.384. The summed E-state index contributed by atoms with van der Waals surface area (Å²) in [5, 5.41) is 10.5. The van der Waals surface area contributed by atoms with Crippen LogP contribution >= 0.6 is 0 Å². The van der Waals surface area contributed by atoms with Crippen molar-refractivity contribution in [2.24, 2.45) is 5.92 Å². The molecule has 0 spiro atoms. The van der Waals surface area contributed by atoms with Crippen molar-refractivity contribution in [2.45, 2.75) is 12.3 Å². The molecule has 7 heteroatoms. The second-order valence-corrected chi connectivity index (χ2v) is 4.26. The van der Waals surface area contributed by atoms with Crippen LogP contribution in [0.4, 0.5) is 18.9 Å². The number of nitro groups is 1. The summed E-state index contributed by atoms with van der Waals surface area (Å²) in [6.45, 7) is 3.21. The van der Waals surface area contributed by atoms with E-state index in [0.29, 0.717) is 0 Å². The molecule has 4 nitrogen and oxygen atoms in total. The number of alkyl halides is 3. The first kappa shape index (κ1) is 13.5. The molecule has 1 fully saturated rings. The first-order chi connectivity index (χ1) is 8.80. The highest BCUT2D eigenvalue weighted by Gasteiger charge is 2.50. The van der Waals surface area contributed by atoms with Gasteiger partial charge in [-0.1, -0.05) is 6.58 Å². The topological polar surface area (TPSA) is 52.4 Å². The number of nitro benzene ring substituents is 1. The summed E-state index contributed by atoms with van der Waals surface area (Å²) in [5.74, 6) is -1.77. The second kappa shape index (κ2) is 4.65. The maximum atomic E-state index is 12.9. The summed E-state index contributed by atoms with van der Waals surface area (Å²) in [4.78, 5) is 9.88. The van der Waals surface area contributed by atoms with Gasteiger partial charge >= 0.3 is 6.18 Å². The Morgan fingerprint density at radius 2 is 1.89 bits per heavy atom. The van der Waals surface area contributed by atoms with E-state index >= 15 is 0 Å². The van der Waals surface area contributed by atoms with Crippen molar-refractivity contribution in [1.82, 2.24) is 0 Å². The Balaban J connectivity index is 2.30. The molecule has 1 aliphatic heterocycles. The highest BCUT2D eigenvalue weighted by atomic mass is 19.4. The third kappa shape index (κ3) is 2.60. The van der Waals surface area contributed by atoms with Crippen LogP contribution in [0.3, 0.4) is 0 Å². The molecule has 0 aromatic heterocycles. The lowest BCUT2D eigenvalue weighted by Gasteiger charge is -2.21. The van der Waals surface area contributed by atoms with Crippen molar-refractivity contribution in [3.63, 3.8) is 0 Å². The Morgan fingerprint density at radius 3 is 2.37 bits per heavy atom. The molecule has 0 bridgehead atoms. The molecule has 0 N–H and O–H groups in total. The first-order valence-electron chi connectivity index (χ1n) is 5.41.